The Bertz CT molecular complexity index is 1190. The summed E-state index contributed by atoms with van der Waals surface area (Å²) in [6, 6.07) is 8.86. The zero-order chi connectivity index (χ0) is 24.3. The van der Waals surface area contributed by atoms with Crippen molar-refractivity contribution in [2.24, 2.45) is 0 Å². The Morgan fingerprint density at radius 2 is 1.82 bits per heavy atom. The number of rotatable bonds is 7. The molecule has 7 nitrogen and oxygen atoms in total. The quantitative estimate of drug-likeness (QED) is 0.400. The van der Waals surface area contributed by atoms with Gasteiger partial charge in [0.15, 0.2) is 12.4 Å². The summed E-state index contributed by atoms with van der Waals surface area (Å²) in [7, 11) is 0. The predicted octanol–water partition coefficient (Wildman–Crippen LogP) is 4.86. The highest BCUT2D eigenvalue weighted by Gasteiger charge is 2.30. The topological polar surface area (TPSA) is 90.5 Å². The van der Waals surface area contributed by atoms with Gasteiger partial charge in [0.05, 0.1) is 11.8 Å². The number of hydrogen-bond donors (Lipinski definition) is 1. The lowest BCUT2D eigenvalue weighted by Gasteiger charge is -2.12. The van der Waals surface area contributed by atoms with Crippen LogP contribution in [0.3, 0.4) is 0 Å². The molecular weight excluding hydrogens is 441 g/mol. The first-order chi connectivity index (χ1) is 15.5. The fourth-order valence-corrected chi connectivity index (χ4v) is 3.27. The Morgan fingerprint density at radius 3 is 2.45 bits per heavy atom. The van der Waals surface area contributed by atoms with E-state index in [4.69, 9.17) is 9.15 Å². The van der Waals surface area contributed by atoms with Crippen molar-refractivity contribution in [1.82, 2.24) is 4.57 Å². The van der Waals surface area contributed by atoms with E-state index >= 15 is 0 Å². The molecule has 0 atom stereocenters. The normalized spacial score (nSPS) is 11.3. The van der Waals surface area contributed by atoms with Gasteiger partial charge in [-0.2, -0.15) is 13.2 Å². The van der Waals surface area contributed by atoms with Crippen LogP contribution in [0.5, 0.6) is 0 Å². The minimum absolute atomic E-state index is 0.0554. The summed E-state index contributed by atoms with van der Waals surface area (Å²) < 4.78 is 49.4. The molecule has 1 aromatic carbocycles. The van der Waals surface area contributed by atoms with Gasteiger partial charge in [-0.1, -0.05) is 6.07 Å². The van der Waals surface area contributed by atoms with Crippen LogP contribution in [0.1, 0.15) is 48.2 Å². The summed E-state index contributed by atoms with van der Waals surface area (Å²) >= 11 is 0. The van der Waals surface area contributed by atoms with E-state index in [2.05, 4.69) is 5.32 Å². The Morgan fingerprint density at radius 1 is 1.09 bits per heavy atom. The summed E-state index contributed by atoms with van der Waals surface area (Å²) in [6.07, 6.45) is -3.08. The Balaban J connectivity index is 1.68. The molecule has 174 valence electrons. The van der Waals surface area contributed by atoms with Crippen molar-refractivity contribution in [2.45, 2.75) is 33.5 Å². The van der Waals surface area contributed by atoms with E-state index in [-0.39, 0.29) is 28.3 Å². The first-order valence-electron chi connectivity index (χ1n) is 9.85. The lowest BCUT2D eigenvalue weighted by Crippen LogP contribution is -2.20. The van der Waals surface area contributed by atoms with Gasteiger partial charge in [-0.3, -0.25) is 9.59 Å². The second-order valence-corrected chi connectivity index (χ2v) is 7.45. The molecule has 1 amide bonds. The highest BCUT2D eigenvalue weighted by atomic mass is 19.4. The maximum Gasteiger partial charge on any atom is 0.406 e. The van der Waals surface area contributed by atoms with Crippen LogP contribution in [-0.4, -0.2) is 35.0 Å². The van der Waals surface area contributed by atoms with Gasteiger partial charge in [-0.15, -0.1) is 0 Å². The molecule has 10 heteroatoms. The number of carbonyl (C=O) groups excluding carboxylic acids is 3. The Labute approximate surface area is 187 Å². The Kier molecular flexibility index (Phi) is 6.75. The fraction of sp³-hybridized carbons (Fsp3) is 0.261. The SMILES string of the molecule is Cc1ccc(C(=O)OCC(=O)c2cc(C)n(CC(F)(F)F)c2C)cc1NC(=O)c1ccco1. The second-order valence-electron chi connectivity index (χ2n) is 7.45. The number of nitrogens with one attached hydrogen (secondary N) is 1. The smallest absolute Gasteiger partial charge is 0.406 e. The highest BCUT2D eigenvalue weighted by molar-refractivity contribution is 6.04. The maximum atomic E-state index is 12.8. The van der Waals surface area contributed by atoms with Crippen molar-refractivity contribution >= 4 is 23.3 Å². The monoisotopic (exact) mass is 462 g/mol. The zero-order valence-corrected chi connectivity index (χ0v) is 18.1. The lowest BCUT2D eigenvalue weighted by atomic mass is 10.1. The number of carbonyl (C=O) groups is 3. The highest BCUT2D eigenvalue weighted by Crippen LogP contribution is 2.24. The molecular formula is C23H21F3N2O5. The fourth-order valence-electron chi connectivity index (χ4n) is 3.27. The van der Waals surface area contributed by atoms with E-state index in [0.717, 1.165) is 4.57 Å². The van der Waals surface area contributed by atoms with Crippen molar-refractivity contribution in [3.05, 3.63) is 76.5 Å². The lowest BCUT2D eigenvalue weighted by molar-refractivity contribution is -0.141. The van der Waals surface area contributed by atoms with Crippen molar-refractivity contribution in [3.8, 4) is 0 Å². The number of halogens is 3. The molecule has 0 saturated heterocycles. The average Bonchev–Trinajstić information content (AvgIpc) is 3.37. The average molecular weight is 462 g/mol. The first kappa shape index (κ1) is 23.8. The molecule has 1 N–H and O–H groups in total. The van der Waals surface area contributed by atoms with Crippen LogP contribution >= 0.6 is 0 Å². The van der Waals surface area contributed by atoms with Crippen LogP contribution in [0.4, 0.5) is 18.9 Å². The summed E-state index contributed by atoms with van der Waals surface area (Å²) in [5.74, 6) is -1.85. The molecule has 0 fully saturated rings. The third kappa shape index (κ3) is 5.71. The van der Waals surface area contributed by atoms with E-state index in [9.17, 15) is 27.6 Å². The molecule has 0 unspecified atom stereocenters. The van der Waals surface area contributed by atoms with Crippen molar-refractivity contribution < 1.29 is 36.7 Å². The van der Waals surface area contributed by atoms with Crippen molar-refractivity contribution in [2.75, 3.05) is 11.9 Å². The van der Waals surface area contributed by atoms with E-state index in [1.165, 1.54) is 44.4 Å². The molecule has 3 rings (SSSR count). The van der Waals surface area contributed by atoms with E-state index in [0.29, 0.717) is 11.3 Å². The number of aryl methyl sites for hydroxylation is 2. The number of Topliss-reactive ketones (excluding diaryl/α,β-unsaturated/α-hetero) is 1. The number of esters is 1. The third-order valence-electron chi connectivity index (χ3n) is 5.01. The molecule has 0 spiro atoms. The number of hydrogen-bond acceptors (Lipinski definition) is 5. The number of anilines is 1. The molecule has 0 bridgehead atoms. The maximum absolute atomic E-state index is 12.8. The van der Waals surface area contributed by atoms with Crippen LogP contribution in [0.25, 0.3) is 0 Å². The van der Waals surface area contributed by atoms with E-state index in [1.54, 1.807) is 19.1 Å². The van der Waals surface area contributed by atoms with Crippen LogP contribution in [0, 0.1) is 20.8 Å². The van der Waals surface area contributed by atoms with Crippen molar-refractivity contribution in [1.29, 1.82) is 0 Å². The summed E-state index contributed by atoms with van der Waals surface area (Å²) in [4.78, 5) is 37.1. The molecule has 33 heavy (non-hydrogen) atoms. The number of aromatic nitrogens is 1. The molecule has 0 radical (unpaired) electrons. The van der Waals surface area contributed by atoms with Gasteiger partial charge in [0, 0.05) is 22.6 Å². The molecule has 0 aliphatic heterocycles. The number of ether oxygens (including phenoxy) is 1. The number of benzene rings is 1. The second kappa shape index (κ2) is 9.35. The van der Waals surface area contributed by atoms with E-state index < -0.39 is 37.0 Å². The van der Waals surface area contributed by atoms with Gasteiger partial charge in [0.1, 0.15) is 6.54 Å². The largest absolute Gasteiger partial charge is 0.459 e. The Hall–Kier alpha value is -3.82. The van der Waals surface area contributed by atoms with E-state index in [1.807, 2.05) is 0 Å². The summed E-state index contributed by atoms with van der Waals surface area (Å²) in [5.41, 5.74) is 1.59. The number of furan rings is 1. The number of ketones is 1. The van der Waals surface area contributed by atoms with Gasteiger partial charge in [0.2, 0.25) is 5.78 Å². The first-order valence-corrected chi connectivity index (χ1v) is 9.85. The number of alkyl halides is 3. The van der Waals surface area contributed by atoms with Crippen LogP contribution < -0.4 is 5.32 Å². The van der Waals surface area contributed by atoms with Crippen LogP contribution in [0.2, 0.25) is 0 Å². The van der Waals surface area contributed by atoms with Gasteiger partial charge in [0.25, 0.3) is 5.91 Å². The molecule has 2 heterocycles. The van der Waals surface area contributed by atoms with Crippen LogP contribution in [-0.2, 0) is 11.3 Å². The van der Waals surface area contributed by atoms with Crippen molar-refractivity contribution in [3.63, 3.8) is 0 Å². The number of amides is 1. The molecule has 0 aliphatic rings. The molecule has 3 aromatic rings. The van der Waals surface area contributed by atoms with Gasteiger partial charge >= 0.3 is 12.1 Å². The van der Waals surface area contributed by atoms with Gasteiger partial charge in [-0.25, -0.2) is 4.79 Å². The predicted molar refractivity (Wildman–Crippen MR) is 112 cm³/mol. The summed E-state index contributed by atoms with van der Waals surface area (Å²) in [6.45, 7) is 2.74. The molecule has 0 saturated carbocycles. The van der Waals surface area contributed by atoms with Crippen LogP contribution in [0.15, 0.2) is 47.1 Å². The molecule has 0 aliphatic carbocycles. The van der Waals surface area contributed by atoms with Gasteiger partial charge in [-0.05, 0) is 56.7 Å². The minimum atomic E-state index is -4.43. The number of nitrogens with zero attached hydrogens (tertiary/aromatic N) is 1. The standard InChI is InChI=1S/C23H21F3N2O5/c1-13-6-7-16(10-18(13)27-21(30)20-5-4-8-32-20)22(31)33-11-19(29)17-9-14(2)28(15(17)3)12-23(24,25)26/h4-10H,11-12H2,1-3H3,(H,27,30). The van der Waals surface area contributed by atoms with Gasteiger partial charge < -0.3 is 19.0 Å². The third-order valence-corrected chi connectivity index (χ3v) is 5.01. The molecule has 2 aromatic heterocycles. The summed E-state index contributed by atoms with van der Waals surface area (Å²) in [5, 5.41) is 2.63. The zero-order valence-electron chi connectivity index (χ0n) is 18.1. The minimum Gasteiger partial charge on any atom is -0.459 e.